The Bertz CT molecular complexity index is 749. The van der Waals surface area contributed by atoms with E-state index in [1.807, 2.05) is 35.7 Å². The van der Waals surface area contributed by atoms with Crippen molar-refractivity contribution in [2.45, 2.75) is 0 Å². The minimum absolute atomic E-state index is 0.235. The number of likely N-dealkylation sites (N-methyl/N-ethyl adjacent to an activating group) is 1. The number of imide groups is 1. The number of thiophene rings is 1. The van der Waals surface area contributed by atoms with Crippen LogP contribution in [0.1, 0.15) is 4.88 Å². The summed E-state index contributed by atoms with van der Waals surface area (Å²) in [7, 11) is 1.49. The van der Waals surface area contributed by atoms with E-state index < -0.39 is 0 Å². The number of halogens is 1. The lowest BCUT2D eigenvalue weighted by molar-refractivity contribution is -0.121. The van der Waals surface area contributed by atoms with E-state index in [1.165, 1.54) is 18.4 Å². The Hall–Kier alpha value is -1.56. The summed E-state index contributed by atoms with van der Waals surface area (Å²) in [6.07, 6.45) is 1.76. The van der Waals surface area contributed by atoms with Crippen molar-refractivity contribution in [2.75, 3.05) is 7.05 Å². The Morgan fingerprint density at radius 2 is 1.86 bits per heavy atom. The summed E-state index contributed by atoms with van der Waals surface area (Å²) in [6, 6.07) is 9.59. The number of carbonyl (C=O) groups is 2. The molecule has 0 aliphatic carbocycles. The van der Waals surface area contributed by atoms with Gasteiger partial charge in [-0.1, -0.05) is 23.7 Å². The maximum atomic E-state index is 11.8. The fraction of sp³-hybridized carbons (Fsp3) is 0.0667. The number of rotatable bonds is 2. The van der Waals surface area contributed by atoms with Crippen molar-refractivity contribution in [3.05, 3.63) is 50.5 Å². The highest BCUT2D eigenvalue weighted by atomic mass is 35.5. The molecular formula is C15H10ClNO2S2. The van der Waals surface area contributed by atoms with Crippen LogP contribution in [0.3, 0.4) is 0 Å². The summed E-state index contributed by atoms with van der Waals surface area (Å²) in [4.78, 5) is 25.8. The molecular weight excluding hydrogens is 326 g/mol. The van der Waals surface area contributed by atoms with Gasteiger partial charge < -0.3 is 0 Å². The van der Waals surface area contributed by atoms with Gasteiger partial charge in [-0.05, 0) is 52.5 Å². The molecule has 1 aliphatic heterocycles. The van der Waals surface area contributed by atoms with Crippen LogP contribution in [0.15, 0.2) is 40.6 Å². The van der Waals surface area contributed by atoms with Crippen LogP contribution in [-0.2, 0) is 4.79 Å². The first kappa shape index (κ1) is 14.4. The summed E-state index contributed by atoms with van der Waals surface area (Å²) < 4.78 is 0. The fourth-order valence-corrected chi connectivity index (χ4v) is 3.76. The summed E-state index contributed by atoms with van der Waals surface area (Å²) in [5, 5.41) is 2.48. The molecule has 0 radical (unpaired) electrons. The molecule has 0 N–H and O–H groups in total. The van der Waals surface area contributed by atoms with E-state index in [0.717, 1.165) is 32.7 Å². The Kier molecular flexibility index (Phi) is 3.89. The normalized spacial score (nSPS) is 17.0. The van der Waals surface area contributed by atoms with Crippen molar-refractivity contribution in [3.8, 4) is 11.1 Å². The highest BCUT2D eigenvalue weighted by Gasteiger charge is 2.31. The number of carbonyl (C=O) groups excluding carboxylic acids is 2. The van der Waals surface area contributed by atoms with Gasteiger partial charge in [-0.2, -0.15) is 0 Å². The van der Waals surface area contributed by atoms with Crippen molar-refractivity contribution < 1.29 is 9.59 Å². The van der Waals surface area contributed by atoms with E-state index in [9.17, 15) is 9.59 Å². The first-order valence-electron chi connectivity index (χ1n) is 6.10. The molecule has 0 atom stereocenters. The molecule has 6 heteroatoms. The van der Waals surface area contributed by atoms with E-state index in [4.69, 9.17) is 11.6 Å². The van der Waals surface area contributed by atoms with Crippen LogP contribution in [0.4, 0.5) is 4.79 Å². The number of nitrogens with zero attached hydrogens (tertiary/aromatic N) is 1. The largest absolute Gasteiger partial charge is 0.293 e. The van der Waals surface area contributed by atoms with Crippen LogP contribution in [0.5, 0.6) is 0 Å². The SMILES string of the molecule is CN1C(=O)S/C(=C\c2cc(-c3ccc(Cl)cc3)cs2)C1=O. The molecule has 0 unspecified atom stereocenters. The van der Waals surface area contributed by atoms with Gasteiger partial charge in [-0.15, -0.1) is 11.3 Å². The standard InChI is InChI=1S/C15H10ClNO2S2/c1-17-14(18)13(21-15(17)19)7-12-6-10(8-20-12)9-2-4-11(16)5-3-9/h2-8H,1H3/b13-7-. The first-order chi connectivity index (χ1) is 10.0. The Labute approximate surface area is 135 Å². The predicted molar refractivity (Wildman–Crippen MR) is 88.5 cm³/mol. The Balaban J connectivity index is 1.87. The molecule has 1 aromatic heterocycles. The molecule has 21 heavy (non-hydrogen) atoms. The second-order valence-corrected chi connectivity index (χ2v) is 6.86. The molecule has 106 valence electrons. The lowest BCUT2D eigenvalue weighted by Crippen LogP contribution is -2.22. The minimum atomic E-state index is -0.244. The number of benzene rings is 1. The van der Waals surface area contributed by atoms with Crippen molar-refractivity contribution in [3.63, 3.8) is 0 Å². The monoisotopic (exact) mass is 335 g/mol. The zero-order valence-corrected chi connectivity index (χ0v) is 13.4. The molecule has 0 saturated carbocycles. The van der Waals surface area contributed by atoms with E-state index in [0.29, 0.717) is 9.93 Å². The number of hydrogen-bond donors (Lipinski definition) is 0. The lowest BCUT2D eigenvalue weighted by atomic mass is 10.1. The van der Waals surface area contributed by atoms with Crippen LogP contribution in [0.2, 0.25) is 5.02 Å². The topological polar surface area (TPSA) is 37.4 Å². The molecule has 1 aliphatic rings. The summed E-state index contributed by atoms with van der Waals surface area (Å²) in [5.41, 5.74) is 2.14. The third-order valence-electron chi connectivity index (χ3n) is 3.06. The van der Waals surface area contributed by atoms with Gasteiger partial charge in [0.25, 0.3) is 11.1 Å². The van der Waals surface area contributed by atoms with Gasteiger partial charge in [0.05, 0.1) is 4.91 Å². The van der Waals surface area contributed by atoms with Crippen LogP contribution >= 0.6 is 34.7 Å². The average Bonchev–Trinajstić information content (AvgIpc) is 3.02. The number of thioether (sulfide) groups is 1. The Morgan fingerprint density at radius 3 is 2.48 bits per heavy atom. The molecule has 2 amide bonds. The maximum Gasteiger partial charge on any atom is 0.293 e. The first-order valence-corrected chi connectivity index (χ1v) is 8.18. The van der Waals surface area contributed by atoms with Gasteiger partial charge in [0.2, 0.25) is 0 Å². The molecule has 1 aromatic carbocycles. The van der Waals surface area contributed by atoms with Gasteiger partial charge in [0, 0.05) is 16.9 Å². The van der Waals surface area contributed by atoms with Crippen molar-refractivity contribution in [2.24, 2.45) is 0 Å². The Morgan fingerprint density at radius 1 is 1.14 bits per heavy atom. The fourth-order valence-electron chi connectivity index (χ4n) is 1.90. The van der Waals surface area contributed by atoms with Gasteiger partial charge in [-0.3, -0.25) is 14.5 Å². The van der Waals surface area contributed by atoms with Crippen molar-refractivity contribution in [1.82, 2.24) is 4.90 Å². The molecule has 1 fully saturated rings. The van der Waals surface area contributed by atoms with E-state index in [2.05, 4.69) is 0 Å². The molecule has 3 rings (SSSR count). The predicted octanol–water partition coefficient (Wildman–Crippen LogP) is 4.73. The van der Waals surface area contributed by atoms with Gasteiger partial charge in [-0.25, -0.2) is 0 Å². The molecule has 1 saturated heterocycles. The summed E-state index contributed by atoms with van der Waals surface area (Å²) >= 11 is 8.38. The lowest BCUT2D eigenvalue weighted by Gasteiger charge is -2.00. The number of amides is 2. The third kappa shape index (κ3) is 2.90. The van der Waals surface area contributed by atoms with Crippen LogP contribution in [0.25, 0.3) is 17.2 Å². The van der Waals surface area contributed by atoms with Gasteiger partial charge in [0.15, 0.2) is 0 Å². The van der Waals surface area contributed by atoms with Gasteiger partial charge >= 0.3 is 0 Å². The quantitative estimate of drug-likeness (QED) is 0.744. The zero-order valence-electron chi connectivity index (χ0n) is 11.0. The zero-order chi connectivity index (χ0) is 15.0. The molecule has 0 bridgehead atoms. The van der Waals surface area contributed by atoms with Crippen LogP contribution in [0, 0.1) is 0 Å². The average molecular weight is 336 g/mol. The molecule has 2 heterocycles. The van der Waals surface area contributed by atoms with E-state index >= 15 is 0 Å². The van der Waals surface area contributed by atoms with Gasteiger partial charge in [0.1, 0.15) is 0 Å². The van der Waals surface area contributed by atoms with Crippen molar-refractivity contribution >= 4 is 51.9 Å². The highest BCUT2D eigenvalue weighted by molar-refractivity contribution is 8.18. The summed E-state index contributed by atoms with van der Waals surface area (Å²) in [5.74, 6) is -0.244. The second kappa shape index (κ2) is 5.67. The van der Waals surface area contributed by atoms with Crippen molar-refractivity contribution in [1.29, 1.82) is 0 Å². The van der Waals surface area contributed by atoms with E-state index in [1.54, 1.807) is 6.08 Å². The van der Waals surface area contributed by atoms with Crippen LogP contribution in [-0.4, -0.2) is 23.1 Å². The maximum absolute atomic E-state index is 11.8. The van der Waals surface area contributed by atoms with Crippen LogP contribution < -0.4 is 0 Å². The highest BCUT2D eigenvalue weighted by Crippen LogP contribution is 2.34. The number of hydrogen-bond acceptors (Lipinski definition) is 4. The second-order valence-electron chi connectivity index (χ2n) is 4.49. The minimum Gasteiger partial charge on any atom is -0.272 e. The third-order valence-corrected chi connectivity index (χ3v) is 5.15. The smallest absolute Gasteiger partial charge is 0.272 e. The molecule has 3 nitrogen and oxygen atoms in total. The summed E-state index contributed by atoms with van der Waals surface area (Å²) in [6.45, 7) is 0. The molecule has 0 spiro atoms. The molecule has 2 aromatic rings. The van der Waals surface area contributed by atoms with E-state index in [-0.39, 0.29) is 11.1 Å².